The quantitative estimate of drug-likeness (QED) is 0.158. The number of amides is 3. The molecule has 1 unspecified atom stereocenters. The summed E-state index contributed by atoms with van der Waals surface area (Å²) < 4.78 is 24.3. The van der Waals surface area contributed by atoms with E-state index in [2.05, 4.69) is 41.4 Å². The van der Waals surface area contributed by atoms with Crippen LogP contribution in [0.5, 0.6) is 5.75 Å². The number of nitriles is 1. The van der Waals surface area contributed by atoms with Gasteiger partial charge < -0.3 is 14.5 Å². The van der Waals surface area contributed by atoms with E-state index in [1.54, 1.807) is 49.6 Å². The molecular weight excluding hydrogens is 932 g/mol. The summed E-state index contributed by atoms with van der Waals surface area (Å²) in [5.74, 6) is 0.669. The van der Waals surface area contributed by atoms with Gasteiger partial charge in [0.1, 0.15) is 11.9 Å². The molecule has 18 nitrogen and oxygen atoms in total. The Morgan fingerprint density at radius 2 is 1.53 bits per heavy atom. The molecule has 376 valence electrons. The number of carbonyl (C=O) groups excluding carboxylic acids is 3. The summed E-state index contributed by atoms with van der Waals surface area (Å²) in [6, 6.07) is 22.1. The van der Waals surface area contributed by atoms with Gasteiger partial charge in [0, 0.05) is 74.8 Å². The molecule has 4 aliphatic rings. The van der Waals surface area contributed by atoms with Crippen molar-refractivity contribution < 1.29 is 23.5 Å². The van der Waals surface area contributed by atoms with E-state index in [-0.39, 0.29) is 42.1 Å². The smallest absolute Gasteiger partial charge is 0.275 e. The van der Waals surface area contributed by atoms with Crippen LogP contribution in [0.25, 0.3) is 33.4 Å². The van der Waals surface area contributed by atoms with Crippen molar-refractivity contribution in [2.75, 3.05) is 77.0 Å². The minimum absolute atomic E-state index is 0.102. The number of piperidine rings is 3. The van der Waals surface area contributed by atoms with Crippen LogP contribution in [0.15, 0.2) is 94.8 Å². The number of nitrogens with one attached hydrogen (secondary N) is 1. The SMILES string of the molecule is Cc1nn(C2CCC(=O)NC2=O)c(=O)c2cc(F)c(N3CCN(CC4CCN(C(=O)CN5CCC(COc6cnc(-c7cccc(Cn8nc(-c9cccc(C#N)c9)ccc8=O)c7)nc6)CC5)CC4)CC3)cc12. The van der Waals surface area contributed by atoms with Crippen LogP contribution in [-0.4, -0.2) is 134 Å². The molecule has 1 atom stereocenters. The number of rotatable bonds is 13. The van der Waals surface area contributed by atoms with Gasteiger partial charge in [-0.3, -0.25) is 39.1 Å². The summed E-state index contributed by atoms with van der Waals surface area (Å²) >= 11 is 0. The Morgan fingerprint density at radius 1 is 0.795 bits per heavy atom. The maximum atomic E-state index is 15.7. The highest BCUT2D eigenvalue weighted by Crippen LogP contribution is 2.29. The number of fused-ring (bicyclic) bond motifs is 1. The molecule has 19 heteroatoms. The van der Waals surface area contributed by atoms with Crippen molar-refractivity contribution in [1.82, 2.24) is 49.5 Å². The minimum Gasteiger partial charge on any atom is -0.490 e. The number of piperazine rings is 1. The zero-order chi connectivity index (χ0) is 50.6. The van der Waals surface area contributed by atoms with E-state index < -0.39 is 23.3 Å². The van der Waals surface area contributed by atoms with Crippen LogP contribution in [0.2, 0.25) is 0 Å². The van der Waals surface area contributed by atoms with Crippen molar-refractivity contribution in [2.45, 2.75) is 58.0 Å². The molecule has 0 aliphatic carbocycles. The predicted molar refractivity (Wildman–Crippen MR) is 270 cm³/mol. The lowest BCUT2D eigenvalue weighted by Crippen LogP contribution is -2.50. The second kappa shape index (κ2) is 21.6. The van der Waals surface area contributed by atoms with E-state index in [0.717, 1.165) is 92.9 Å². The van der Waals surface area contributed by atoms with Crippen molar-refractivity contribution in [3.63, 3.8) is 0 Å². The molecule has 4 fully saturated rings. The number of carbonyl (C=O) groups is 3. The summed E-state index contributed by atoms with van der Waals surface area (Å²) in [7, 11) is 0. The molecule has 0 bridgehead atoms. The van der Waals surface area contributed by atoms with Crippen molar-refractivity contribution in [3.05, 3.63) is 129 Å². The zero-order valence-electron chi connectivity index (χ0n) is 40.8. The van der Waals surface area contributed by atoms with Gasteiger partial charge in [-0.05, 0) is 106 Å². The van der Waals surface area contributed by atoms with Crippen LogP contribution in [0.4, 0.5) is 10.1 Å². The normalized spacial score (nSPS) is 18.5. The Labute approximate surface area is 421 Å². The van der Waals surface area contributed by atoms with Crippen LogP contribution < -0.4 is 26.1 Å². The molecule has 6 aromatic rings. The topological polar surface area (TPSA) is 205 Å². The maximum absolute atomic E-state index is 15.7. The van der Waals surface area contributed by atoms with Crippen molar-refractivity contribution in [1.29, 1.82) is 5.26 Å². The van der Waals surface area contributed by atoms with E-state index in [1.165, 1.54) is 16.8 Å². The Balaban J connectivity index is 0.633. The highest BCUT2D eigenvalue weighted by atomic mass is 19.1. The molecule has 4 saturated heterocycles. The second-order valence-electron chi connectivity index (χ2n) is 19.6. The van der Waals surface area contributed by atoms with Gasteiger partial charge in [-0.1, -0.05) is 30.3 Å². The third kappa shape index (κ3) is 11.2. The van der Waals surface area contributed by atoms with Gasteiger partial charge in [-0.2, -0.15) is 15.5 Å². The number of imide groups is 1. The minimum atomic E-state index is -0.922. The number of ether oxygens (including phenoxy) is 1. The third-order valence-electron chi connectivity index (χ3n) is 14.7. The molecule has 0 saturated carbocycles. The van der Waals surface area contributed by atoms with E-state index in [0.29, 0.717) is 77.7 Å². The average molecular weight is 989 g/mol. The molecule has 1 N–H and O–H groups in total. The monoisotopic (exact) mass is 988 g/mol. The third-order valence-corrected chi connectivity index (χ3v) is 14.7. The summed E-state index contributed by atoms with van der Waals surface area (Å²) in [4.78, 5) is 81.6. The van der Waals surface area contributed by atoms with Gasteiger partial charge >= 0.3 is 0 Å². The molecule has 3 amide bonds. The summed E-state index contributed by atoms with van der Waals surface area (Å²) in [5.41, 5.74) is 3.67. The highest BCUT2D eigenvalue weighted by Gasteiger charge is 2.32. The molecule has 3 aromatic heterocycles. The summed E-state index contributed by atoms with van der Waals surface area (Å²) in [5, 5.41) is 21.2. The zero-order valence-corrected chi connectivity index (χ0v) is 40.8. The lowest BCUT2D eigenvalue weighted by atomic mass is 9.95. The molecule has 0 spiro atoms. The molecule has 0 radical (unpaired) electrons. The van der Waals surface area contributed by atoms with Gasteiger partial charge in [-0.15, -0.1) is 0 Å². The summed E-state index contributed by atoms with van der Waals surface area (Å²) in [6.07, 6.45) is 7.38. The van der Waals surface area contributed by atoms with Gasteiger partial charge in [0.2, 0.25) is 11.8 Å². The Bertz CT molecular complexity index is 3200. The fourth-order valence-electron chi connectivity index (χ4n) is 10.5. The number of hydrogen-bond donors (Lipinski definition) is 1. The van der Waals surface area contributed by atoms with Crippen molar-refractivity contribution in [2.24, 2.45) is 11.8 Å². The van der Waals surface area contributed by atoms with E-state index in [4.69, 9.17) is 4.74 Å². The fourth-order valence-corrected chi connectivity index (χ4v) is 10.5. The predicted octanol–water partition coefficient (Wildman–Crippen LogP) is 4.57. The lowest BCUT2D eigenvalue weighted by Gasteiger charge is -2.40. The van der Waals surface area contributed by atoms with Gasteiger partial charge in [0.05, 0.1) is 66.2 Å². The first-order valence-electron chi connectivity index (χ1n) is 25.1. The van der Waals surface area contributed by atoms with Gasteiger partial charge in [0.15, 0.2) is 11.6 Å². The van der Waals surface area contributed by atoms with Crippen LogP contribution in [-0.2, 0) is 20.9 Å². The number of benzene rings is 3. The molecular formula is C54H57FN12O6. The molecule has 10 rings (SSSR count). The van der Waals surface area contributed by atoms with Crippen LogP contribution in [0, 0.1) is 35.9 Å². The first kappa shape index (κ1) is 48.9. The first-order valence-corrected chi connectivity index (χ1v) is 25.1. The van der Waals surface area contributed by atoms with Crippen LogP contribution in [0.1, 0.15) is 61.4 Å². The number of aromatic nitrogens is 6. The number of likely N-dealkylation sites (tertiary alicyclic amines) is 2. The molecule has 3 aromatic carbocycles. The first-order chi connectivity index (χ1) is 35.4. The molecule has 7 heterocycles. The molecule has 73 heavy (non-hydrogen) atoms. The largest absolute Gasteiger partial charge is 0.490 e. The number of nitrogens with zero attached hydrogens (tertiary/aromatic N) is 11. The van der Waals surface area contributed by atoms with Crippen LogP contribution >= 0.6 is 0 Å². The standard InChI is InChI=1S/C54H57FN12O6/c1-35-43-27-48(45(55)26-44(43)54(72)67(60-35)47-9-10-49(68)59-53(47)71)64-22-20-63(21-23-64)31-36-14-18-65(19-15-36)51(70)33-62-16-12-37(13-17-62)34-73-42-29-57-52(58-30-42)41-7-3-5-39(25-41)32-66-50(69)11-8-46(61-66)40-6-2-4-38(24-40)28-56/h2-8,11,24-27,29-30,36-37,47H,9-10,12-23,31-34H2,1H3,(H,59,68,71). The highest BCUT2D eigenvalue weighted by molar-refractivity contribution is 5.99. The average Bonchev–Trinajstić information content (AvgIpc) is 3.41. The number of anilines is 1. The van der Waals surface area contributed by atoms with Crippen molar-refractivity contribution >= 4 is 34.2 Å². The lowest BCUT2D eigenvalue weighted by molar-refractivity contribution is -0.136. The Hall–Kier alpha value is -7.69. The fraction of sp³-hybridized carbons (Fsp3) is 0.407. The summed E-state index contributed by atoms with van der Waals surface area (Å²) in [6.45, 7) is 9.84. The van der Waals surface area contributed by atoms with Crippen LogP contribution in [0.3, 0.4) is 0 Å². The molecule has 4 aliphatic heterocycles. The maximum Gasteiger partial charge on any atom is 0.275 e. The Kier molecular flexibility index (Phi) is 14.5. The number of aryl methyl sites for hydroxylation is 1. The Morgan fingerprint density at radius 3 is 2.29 bits per heavy atom. The number of halogens is 1. The van der Waals surface area contributed by atoms with E-state index >= 15 is 4.39 Å². The second-order valence-corrected chi connectivity index (χ2v) is 19.6. The number of hydrogen-bond acceptors (Lipinski definition) is 14. The van der Waals surface area contributed by atoms with E-state index in [1.807, 2.05) is 40.1 Å². The van der Waals surface area contributed by atoms with E-state index in [9.17, 15) is 29.2 Å². The van der Waals surface area contributed by atoms with Gasteiger partial charge in [-0.25, -0.2) is 23.7 Å². The van der Waals surface area contributed by atoms with Gasteiger partial charge in [0.25, 0.3) is 17.0 Å². The van der Waals surface area contributed by atoms with Crippen molar-refractivity contribution in [3.8, 4) is 34.5 Å².